The van der Waals surface area contributed by atoms with Crippen LogP contribution in [0.15, 0.2) is 42.5 Å². The lowest BCUT2D eigenvalue weighted by atomic mass is 10.0. The van der Waals surface area contributed by atoms with Gasteiger partial charge in [-0.1, -0.05) is 48.4 Å². The molecule has 0 unspecified atom stereocenters. The number of fused-ring (bicyclic) bond motifs is 3. The number of ketones is 1. The molecule has 1 aliphatic heterocycles. The van der Waals surface area contributed by atoms with Gasteiger partial charge in [0.25, 0.3) is 5.78 Å². The maximum absolute atomic E-state index is 12.9. The number of anilines is 1. The summed E-state index contributed by atoms with van der Waals surface area (Å²) in [6.07, 6.45) is 0.871. The first kappa shape index (κ1) is 25.4. The number of carbonyl (C=O) groups excluding carboxylic acids is 1. The van der Waals surface area contributed by atoms with Crippen molar-refractivity contribution in [3.8, 4) is 11.1 Å². The molecule has 1 fully saturated rings. The summed E-state index contributed by atoms with van der Waals surface area (Å²) < 4.78 is 38.8. The van der Waals surface area contributed by atoms with Crippen LogP contribution in [-0.2, 0) is 12.8 Å². The van der Waals surface area contributed by atoms with E-state index in [1.165, 1.54) is 48.6 Å². The van der Waals surface area contributed by atoms with Crippen molar-refractivity contribution >= 4 is 11.6 Å². The fourth-order valence-corrected chi connectivity index (χ4v) is 5.33. The maximum atomic E-state index is 12.9. The van der Waals surface area contributed by atoms with Crippen LogP contribution in [0, 0.1) is 6.92 Å². The Morgan fingerprint density at radius 2 is 1.86 bits per heavy atom. The highest BCUT2D eigenvalue weighted by Crippen LogP contribution is 2.40. The minimum atomic E-state index is -4.90. The predicted molar refractivity (Wildman–Crippen MR) is 138 cm³/mol. The summed E-state index contributed by atoms with van der Waals surface area (Å²) in [4.78, 5) is 23.9. The first-order valence-electron chi connectivity index (χ1n) is 12.9. The van der Waals surface area contributed by atoms with Crippen LogP contribution in [0.2, 0.25) is 0 Å². The molecule has 0 bridgehead atoms. The molecule has 0 radical (unpaired) electrons. The third-order valence-corrected chi connectivity index (χ3v) is 7.12. The van der Waals surface area contributed by atoms with E-state index in [9.17, 15) is 18.0 Å². The Balaban J connectivity index is 1.38. The van der Waals surface area contributed by atoms with Gasteiger partial charge in [-0.3, -0.25) is 4.79 Å². The Morgan fingerprint density at radius 1 is 1.05 bits per heavy atom. The van der Waals surface area contributed by atoms with Crippen molar-refractivity contribution in [1.29, 1.82) is 0 Å². The van der Waals surface area contributed by atoms with Crippen molar-refractivity contribution < 1.29 is 18.0 Å². The lowest BCUT2D eigenvalue weighted by Crippen LogP contribution is -2.31. The molecule has 194 valence electrons. The van der Waals surface area contributed by atoms with Gasteiger partial charge in [-0.05, 0) is 68.6 Å². The molecule has 5 nitrogen and oxygen atoms in total. The highest BCUT2D eigenvalue weighted by atomic mass is 19.4. The Morgan fingerprint density at radius 3 is 2.65 bits per heavy atom. The normalized spacial score (nSPS) is 15.4. The van der Waals surface area contributed by atoms with Crippen molar-refractivity contribution in [1.82, 2.24) is 14.9 Å². The van der Waals surface area contributed by atoms with Gasteiger partial charge in [0, 0.05) is 30.5 Å². The van der Waals surface area contributed by atoms with Gasteiger partial charge in [0.15, 0.2) is 0 Å². The van der Waals surface area contributed by atoms with E-state index in [1.54, 1.807) is 6.07 Å². The van der Waals surface area contributed by atoms with Gasteiger partial charge in [-0.2, -0.15) is 13.2 Å². The van der Waals surface area contributed by atoms with Crippen molar-refractivity contribution in [3.63, 3.8) is 0 Å². The average molecular weight is 509 g/mol. The smallest absolute Gasteiger partial charge is 0.369 e. The molecular formula is C29H31F3N4O. The van der Waals surface area contributed by atoms with E-state index in [0.29, 0.717) is 17.8 Å². The number of aromatic nitrogens is 2. The Kier molecular flexibility index (Phi) is 7.29. The molecular weight excluding hydrogens is 477 g/mol. The number of piperidine rings is 1. The zero-order valence-electron chi connectivity index (χ0n) is 21.0. The number of alkyl halides is 3. The van der Waals surface area contributed by atoms with E-state index in [0.717, 1.165) is 55.2 Å². The summed E-state index contributed by atoms with van der Waals surface area (Å²) in [6, 6.07) is 12.0. The van der Waals surface area contributed by atoms with Crippen LogP contribution >= 0.6 is 0 Å². The number of hydrogen-bond acceptors (Lipinski definition) is 5. The summed E-state index contributed by atoms with van der Waals surface area (Å²) in [6.45, 7) is 6.21. The van der Waals surface area contributed by atoms with Gasteiger partial charge in [-0.15, -0.1) is 0 Å². The molecule has 37 heavy (non-hydrogen) atoms. The number of carbonyl (C=O) groups is 1. The Bertz CT molecular complexity index is 1300. The number of rotatable bonds is 8. The van der Waals surface area contributed by atoms with Crippen molar-refractivity contribution in [2.75, 3.05) is 31.5 Å². The standard InChI is InChI=1S/C29H31F3N4O/c1-19-9-10-23-22(15-19)18-24-26(23)28(33-11-6-14-36-12-3-2-4-13-36)35-25(34-24)17-20-7-5-8-21(16-20)27(37)29(30,31)32/h5,7-10,15-16H,2-4,6,11-14,17-18H2,1H3,(H,33,34,35). The highest BCUT2D eigenvalue weighted by molar-refractivity contribution is 6.00. The predicted octanol–water partition coefficient (Wildman–Crippen LogP) is 5.98. The van der Waals surface area contributed by atoms with Gasteiger partial charge >= 0.3 is 6.18 Å². The third kappa shape index (κ3) is 5.85. The zero-order valence-corrected chi connectivity index (χ0v) is 21.0. The first-order chi connectivity index (χ1) is 17.8. The van der Waals surface area contributed by atoms with Gasteiger partial charge < -0.3 is 10.2 Å². The fourth-order valence-electron chi connectivity index (χ4n) is 5.33. The van der Waals surface area contributed by atoms with Gasteiger partial charge in [0.2, 0.25) is 0 Å². The minimum Gasteiger partial charge on any atom is -0.369 e. The number of likely N-dealkylation sites (tertiary alicyclic amines) is 1. The number of nitrogens with zero attached hydrogens (tertiary/aromatic N) is 3. The second-order valence-corrected chi connectivity index (χ2v) is 10.0. The molecule has 1 saturated heterocycles. The molecule has 2 aromatic carbocycles. The van der Waals surface area contributed by atoms with Gasteiger partial charge in [0.05, 0.1) is 5.69 Å². The lowest BCUT2D eigenvalue weighted by molar-refractivity contribution is -0.0885. The SMILES string of the molecule is Cc1ccc2c(c1)Cc1nc(Cc3cccc(C(=O)C(F)(F)F)c3)nc(NCCCN3CCCCC3)c1-2. The molecule has 1 aliphatic carbocycles. The van der Waals surface area contributed by atoms with Crippen LogP contribution in [0.4, 0.5) is 19.0 Å². The number of benzene rings is 2. The lowest BCUT2D eigenvalue weighted by Gasteiger charge is -2.26. The van der Waals surface area contributed by atoms with Crippen LogP contribution in [0.5, 0.6) is 0 Å². The van der Waals surface area contributed by atoms with Gasteiger partial charge in [0.1, 0.15) is 11.6 Å². The second kappa shape index (κ2) is 10.6. The monoisotopic (exact) mass is 508 g/mol. The van der Waals surface area contributed by atoms with E-state index < -0.39 is 12.0 Å². The molecule has 1 aromatic heterocycles. The van der Waals surface area contributed by atoms with E-state index in [1.807, 2.05) is 0 Å². The Labute approximate surface area is 215 Å². The summed E-state index contributed by atoms with van der Waals surface area (Å²) >= 11 is 0. The Hall–Kier alpha value is -3.26. The number of Topliss-reactive ketones (excluding diaryl/α,β-unsaturated/α-hetero) is 1. The molecule has 0 atom stereocenters. The molecule has 0 spiro atoms. The topological polar surface area (TPSA) is 58.1 Å². The second-order valence-electron chi connectivity index (χ2n) is 10.0. The third-order valence-electron chi connectivity index (χ3n) is 7.12. The molecule has 2 heterocycles. The van der Waals surface area contributed by atoms with Crippen LogP contribution in [0.25, 0.3) is 11.1 Å². The minimum absolute atomic E-state index is 0.240. The van der Waals surface area contributed by atoms with Gasteiger partial charge in [-0.25, -0.2) is 9.97 Å². The van der Waals surface area contributed by atoms with E-state index in [-0.39, 0.29) is 12.0 Å². The molecule has 2 aliphatic rings. The molecule has 0 saturated carbocycles. The summed E-state index contributed by atoms with van der Waals surface area (Å²) in [5.74, 6) is -0.548. The number of hydrogen-bond donors (Lipinski definition) is 1. The molecule has 0 amide bonds. The summed E-state index contributed by atoms with van der Waals surface area (Å²) in [5, 5.41) is 3.54. The fraction of sp³-hybridized carbons (Fsp3) is 0.414. The summed E-state index contributed by atoms with van der Waals surface area (Å²) in [7, 11) is 0. The maximum Gasteiger partial charge on any atom is 0.454 e. The summed E-state index contributed by atoms with van der Waals surface area (Å²) in [5.41, 5.74) is 5.65. The van der Waals surface area contributed by atoms with E-state index in [2.05, 4.69) is 35.3 Å². The van der Waals surface area contributed by atoms with Crippen molar-refractivity contribution in [2.24, 2.45) is 0 Å². The van der Waals surface area contributed by atoms with Crippen LogP contribution in [0.1, 0.15) is 64.2 Å². The van der Waals surface area contributed by atoms with Crippen LogP contribution < -0.4 is 5.32 Å². The molecule has 1 N–H and O–H groups in total. The molecule has 5 rings (SSSR count). The number of nitrogens with one attached hydrogen (secondary N) is 1. The number of halogens is 3. The zero-order chi connectivity index (χ0) is 26.0. The largest absolute Gasteiger partial charge is 0.454 e. The van der Waals surface area contributed by atoms with Crippen molar-refractivity contribution in [3.05, 3.63) is 76.2 Å². The molecule has 8 heteroatoms. The highest BCUT2D eigenvalue weighted by Gasteiger charge is 2.39. The average Bonchev–Trinajstić information content (AvgIpc) is 3.23. The number of aryl methyl sites for hydroxylation is 1. The van der Waals surface area contributed by atoms with E-state index in [4.69, 9.17) is 9.97 Å². The molecule has 3 aromatic rings. The van der Waals surface area contributed by atoms with E-state index >= 15 is 0 Å². The van der Waals surface area contributed by atoms with Crippen LogP contribution in [-0.4, -0.2) is 53.0 Å². The van der Waals surface area contributed by atoms with Crippen LogP contribution in [0.3, 0.4) is 0 Å². The first-order valence-corrected chi connectivity index (χ1v) is 12.9. The van der Waals surface area contributed by atoms with Crippen molar-refractivity contribution in [2.45, 2.75) is 51.6 Å². The quantitative estimate of drug-likeness (QED) is 0.234.